The van der Waals surface area contributed by atoms with Gasteiger partial charge in [-0.3, -0.25) is 4.79 Å². The van der Waals surface area contributed by atoms with Crippen molar-refractivity contribution in [1.82, 2.24) is 5.32 Å². The first-order chi connectivity index (χ1) is 16.5. The lowest BCUT2D eigenvalue weighted by Crippen LogP contribution is -2.48. The van der Waals surface area contributed by atoms with Crippen molar-refractivity contribution in [2.75, 3.05) is 13.2 Å². The van der Waals surface area contributed by atoms with E-state index in [0.29, 0.717) is 32.7 Å². The molecule has 0 aliphatic carbocycles. The molecule has 1 heterocycles. The second-order valence-electron chi connectivity index (χ2n) is 8.62. The molecule has 6 heteroatoms. The van der Waals surface area contributed by atoms with E-state index in [0.717, 1.165) is 22.4 Å². The van der Waals surface area contributed by atoms with Crippen LogP contribution in [0, 0.1) is 0 Å². The van der Waals surface area contributed by atoms with E-state index in [-0.39, 0.29) is 17.5 Å². The third kappa shape index (κ3) is 5.29. The number of carbonyl (C=O) groups is 2. The molecule has 0 spiro atoms. The molecule has 0 bridgehead atoms. The molecule has 4 rings (SSSR count). The fraction of sp³-hybridized carbons (Fsp3) is 0.286. The van der Waals surface area contributed by atoms with E-state index in [1.807, 2.05) is 61.5 Å². The lowest BCUT2D eigenvalue weighted by Gasteiger charge is -2.37. The molecule has 1 saturated heterocycles. The molecular formula is C28H29NO5. The normalized spacial score (nSPS) is 15.8. The Morgan fingerprint density at radius 2 is 1.62 bits per heavy atom. The Labute approximate surface area is 199 Å². The second-order valence-corrected chi connectivity index (χ2v) is 8.62. The number of benzene rings is 3. The van der Waals surface area contributed by atoms with Crippen LogP contribution < -0.4 is 10.1 Å². The standard InChI is InChI=1S/C28H29NO5/c1-20(22-7-9-23(10-8-22)26(30)31)29-27(32)28(15-17-33-18-16-28)24-11-13-25(14-12-24)34-19-21-5-3-2-4-6-21/h2-14,20H,15-19H2,1H3,(H,29,32)(H,30,31)/t20-/m0/s1. The van der Waals surface area contributed by atoms with Gasteiger partial charge >= 0.3 is 5.97 Å². The van der Waals surface area contributed by atoms with Crippen LogP contribution in [0.4, 0.5) is 0 Å². The SMILES string of the molecule is C[C@H](NC(=O)C1(c2ccc(OCc3ccccc3)cc2)CCOCC1)c1ccc(C(=O)O)cc1. The van der Waals surface area contributed by atoms with Crippen molar-refractivity contribution >= 4 is 11.9 Å². The molecule has 3 aromatic rings. The van der Waals surface area contributed by atoms with Crippen molar-refractivity contribution in [2.45, 2.75) is 37.8 Å². The summed E-state index contributed by atoms with van der Waals surface area (Å²) in [5.41, 5.74) is 2.42. The average molecular weight is 460 g/mol. The monoisotopic (exact) mass is 459 g/mol. The number of carboxylic acid groups (broad SMARTS) is 1. The predicted molar refractivity (Wildman–Crippen MR) is 129 cm³/mol. The largest absolute Gasteiger partial charge is 0.489 e. The Kier molecular flexibility index (Phi) is 7.28. The number of amides is 1. The Morgan fingerprint density at radius 1 is 0.971 bits per heavy atom. The zero-order valence-electron chi connectivity index (χ0n) is 19.2. The van der Waals surface area contributed by atoms with Crippen molar-refractivity contribution < 1.29 is 24.2 Å². The first-order valence-electron chi connectivity index (χ1n) is 11.5. The molecular weight excluding hydrogens is 430 g/mol. The third-order valence-electron chi connectivity index (χ3n) is 6.44. The maximum atomic E-state index is 13.6. The average Bonchev–Trinajstić information content (AvgIpc) is 2.88. The maximum Gasteiger partial charge on any atom is 0.335 e. The summed E-state index contributed by atoms with van der Waals surface area (Å²) in [7, 11) is 0. The molecule has 1 aliphatic heterocycles. The highest BCUT2D eigenvalue weighted by atomic mass is 16.5. The van der Waals surface area contributed by atoms with E-state index in [9.17, 15) is 9.59 Å². The predicted octanol–water partition coefficient (Wildman–Crippen LogP) is 4.89. The number of carbonyl (C=O) groups excluding carboxylic acids is 1. The van der Waals surface area contributed by atoms with Crippen LogP contribution >= 0.6 is 0 Å². The zero-order valence-corrected chi connectivity index (χ0v) is 19.2. The van der Waals surface area contributed by atoms with Gasteiger partial charge in [0.05, 0.1) is 17.0 Å². The van der Waals surface area contributed by atoms with Crippen molar-refractivity contribution in [1.29, 1.82) is 0 Å². The first kappa shape index (κ1) is 23.5. The first-order valence-corrected chi connectivity index (χ1v) is 11.5. The topological polar surface area (TPSA) is 84.9 Å². The van der Waals surface area contributed by atoms with Gasteiger partial charge in [0.15, 0.2) is 0 Å². The van der Waals surface area contributed by atoms with Crippen LogP contribution in [0.15, 0.2) is 78.9 Å². The molecule has 0 radical (unpaired) electrons. The van der Waals surface area contributed by atoms with E-state index in [1.165, 1.54) is 0 Å². The third-order valence-corrected chi connectivity index (χ3v) is 6.44. The molecule has 1 amide bonds. The summed E-state index contributed by atoms with van der Waals surface area (Å²) in [5.74, 6) is -0.272. The molecule has 34 heavy (non-hydrogen) atoms. The van der Waals surface area contributed by atoms with E-state index < -0.39 is 11.4 Å². The number of aromatic carboxylic acids is 1. The van der Waals surface area contributed by atoms with Crippen LogP contribution in [-0.2, 0) is 21.6 Å². The fourth-order valence-corrected chi connectivity index (χ4v) is 4.31. The van der Waals surface area contributed by atoms with E-state index >= 15 is 0 Å². The smallest absolute Gasteiger partial charge is 0.335 e. The number of hydrogen-bond acceptors (Lipinski definition) is 4. The van der Waals surface area contributed by atoms with Crippen molar-refractivity contribution in [2.24, 2.45) is 0 Å². The zero-order chi connectivity index (χ0) is 24.0. The summed E-state index contributed by atoms with van der Waals surface area (Å²) < 4.78 is 11.5. The lowest BCUT2D eigenvalue weighted by atomic mass is 9.73. The quantitative estimate of drug-likeness (QED) is 0.501. The Morgan fingerprint density at radius 3 is 2.24 bits per heavy atom. The van der Waals surface area contributed by atoms with Gasteiger partial charge in [0, 0.05) is 13.2 Å². The second kappa shape index (κ2) is 10.5. The molecule has 1 fully saturated rings. The van der Waals surface area contributed by atoms with Gasteiger partial charge < -0.3 is 19.9 Å². The van der Waals surface area contributed by atoms with Crippen LogP contribution in [0.2, 0.25) is 0 Å². The summed E-state index contributed by atoms with van der Waals surface area (Å²) in [4.78, 5) is 24.7. The van der Waals surface area contributed by atoms with Gasteiger partial charge in [-0.1, -0.05) is 54.6 Å². The Hall–Kier alpha value is -3.64. The highest BCUT2D eigenvalue weighted by Gasteiger charge is 2.42. The van der Waals surface area contributed by atoms with E-state index in [1.54, 1.807) is 24.3 Å². The molecule has 1 atom stereocenters. The summed E-state index contributed by atoms with van der Waals surface area (Å²) in [5, 5.41) is 12.3. The van der Waals surface area contributed by atoms with Gasteiger partial charge in [-0.15, -0.1) is 0 Å². The highest BCUT2D eigenvalue weighted by Crippen LogP contribution is 2.37. The van der Waals surface area contributed by atoms with Gasteiger partial charge in [0.25, 0.3) is 0 Å². The van der Waals surface area contributed by atoms with Gasteiger partial charge in [0.1, 0.15) is 12.4 Å². The van der Waals surface area contributed by atoms with Crippen molar-refractivity contribution in [3.05, 3.63) is 101 Å². The van der Waals surface area contributed by atoms with Crippen LogP contribution in [0.1, 0.15) is 52.9 Å². The number of nitrogens with one attached hydrogen (secondary N) is 1. The molecule has 0 unspecified atom stereocenters. The molecule has 3 aromatic carbocycles. The van der Waals surface area contributed by atoms with Crippen molar-refractivity contribution in [3.63, 3.8) is 0 Å². The molecule has 0 aromatic heterocycles. The molecule has 2 N–H and O–H groups in total. The minimum Gasteiger partial charge on any atom is -0.489 e. The minimum absolute atomic E-state index is 0.0523. The van der Waals surface area contributed by atoms with Gasteiger partial charge in [0.2, 0.25) is 5.91 Å². The molecule has 1 aliphatic rings. The van der Waals surface area contributed by atoms with Crippen LogP contribution in [-0.4, -0.2) is 30.2 Å². The van der Waals surface area contributed by atoms with Gasteiger partial charge in [-0.2, -0.15) is 0 Å². The van der Waals surface area contributed by atoms with Crippen LogP contribution in [0.25, 0.3) is 0 Å². The summed E-state index contributed by atoms with van der Waals surface area (Å²) in [6.45, 7) is 3.42. The van der Waals surface area contributed by atoms with Crippen LogP contribution in [0.5, 0.6) is 5.75 Å². The molecule has 6 nitrogen and oxygen atoms in total. The number of ether oxygens (including phenoxy) is 2. The molecule has 176 valence electrons. The number of rotatable bonds is 8. The maximum absolute atomic E-state index is 13.6. The fourth-order valence-electron chi connectivity index (χ4n) is 4.31. The van der Waals surface area contributed by atoms with E-state index in [2.05, 4.69) is 5.32 Å². The van der Waals surface area contributed by atoms with Gasteiger partial charge in [-0.25, -0.2) is 4.79 Å². The van der Waals surface area contributed by atoms with Gasteiger partial charge in [-0.05, 0) is 60.7 Å². The Balaban J connectivity index is 1.48. The summed E-state index contributed by atoms with van der Waals surface area (Å²) >= 11 is 0. The Bertz CT molecular complexity index is 1100. The number of hydrogen-bond donors (Lipinski definition) is 2. The summed E-state index contributed by atoms with van der Waals surface area (Å²) in [6, 6.07) is 24.1. The van der Waals surface area contributed by atoms with Crippen molar-refractivity contribution in [3.8, 4) is 5.75 Å². The highest BCUT2D eigenvalue weighted by molar-refractivity contribution is 5.89. The van der Waals surface area contributed by atoms with Crippen LogP contribution in [0.3, 0.4) is 0 Å². The minimum atomic E-state index is -0.972. The number of carboxylic acids is 1. The summed E-state index contributed by atoms with van der Waals surface area (Å²) in [6.07, 6.45) is 1.18. The lowest BCUT2D eigenvalue weighted by molar-refractivity contribution is -0.131. The molecule has 0 saturated carbocycles. The van der Waals surface area contributed by atoms with E-state index in [4.69, 9.17) is 14.6 Å².